The summed E-state index contributed by atoms with van der Waals surface area (Å²) in [6, 6.07) is 4.13. The smallest absolute Gasteiger partial charge is 0.147 e. The summed E-state index contributed by atoms with van der Waals surface area (Å²) in [5.41, 5.74) is 5.08. The molecule has 3 N–H and O–H groups in total. The Kier molecular flexibility index (Phi) is 4.22. The van der Waals surface area contributed by atoms with Gasteiger partial charge in [-0.05, 0) is 49.6 Å². The Bertz CT molecular complexity index is 279. The Morgan fingerprint density at radius 1 is 1.31 bits per heavy atom. The van der Waals surface area contributed by atoms with Gasteiger partial charge in [0.05, 0.1) is 22.6 Å². The third kappa shape index (κ3) is 2.69. The molecule has 0 aliphatic rings. The zero-order chi connectivity index (χ0) is 9.84. The minimum Gasteiger partial charge on any atom is -0.494 e. The van der Waals surface area contributed by atoms with Gasteiger partial charge in [0.25, 0.3) is 0 Å². The lowest BCUT2D eigenvalue weighted by molar-refractivity contribution is -0.366. The average molecular weight is 310 g/mol. The van der Waals surface area contributed by atoms with E-state index in [0.717, 1.165) is 27.7 Å². The average Bonchev–Trinajstić information content (AvgIpc) is 2.04. The number of hydrogen-bond acceptors (Lipinski definition) is 1. The SMILES string of the molecule is COc1c(Br)cc(CC[NH3+])cc1Br. The molecule has 0 spiro atoms. The minimum absolute atomic E-state index is 0.841. The summed E-state index contributed by atoms with van der Waals surface area (Å²) in [7, 11) is 1.66. The molecule has 2 nitrogen and oxygen atoms in total. The topological polar surface area (TPSA) is 36.9 Å². The first kappa shape index (κ1) is 11.0. The Hall–Kier alpha value is -0.0600. The Labute approximate surface area is 94.7 Å². The molecule has 0 bridgehead atoms. The lowest BCUT2D eigenvalue weighted by Gasteiger charge is -2.07. The first-order valence-corrected chi connectivity index (χ1v) is 5.58. The minimum atomic E-state index is 0.841. The van der Waals surface area contributed by atoms with Crippen molar-refractivity contribution in [3.05, 3.63) is 26.6 Å². The van der Waals surface area contributed by atoms with Crippen molar-refractivity contribution >= 4 is 31.9 Å². The normalized spacial score (nSPS) is 10.2. The highest BCUT2D eigenvalue weighted by atomic mass is 79.9. The summed E-state index contributed by atoms with van der Waals surface area (Å²) in [5.74, 6) is 0.841. The molecule has 1 aromatic rings. The Morgan fingerprint density at radius 3 is 2.23 bits per heavy atom. The van der Waals surface area contributed by atoms with E-state index in [0.29, 0.717) is 0 Å². The second-order valence-electron chi connectivity index (χ2n) is 2.70. The van der Waals surface area contributed by atoms with E-state index in [1.165, 1.54) is 5.56 Å². The monoisotopic (exact) mass is 308 g/mol. The van der Waals surface area contributed by atoms with E-state index < -0.39 is 0 Å². The molecule has 0 radical (unpaired) electrons. The van der Waals surface area contributed by atoms with E-state index >= 15 is 0 Å². The molecule has 0 unspecified atom stereocenters. The van der Waals surface area contributed by atoms with Crippen LogP contribution in [0, 0.1) is 0 Å². The van der Waals surface area contributed by atoms with Crippen molar-refractivity contribution in [3.8, 4) is 5.75 Å². The van der Waals surface area contributed by atoms with Crippen LogP contribution >= 0.6 is 31.9 Å². The number of rotatable bonds is 3. The number of benzene rings is 1. The molecule has 13 heavy (non-hydrogen) atoms. The maximum absolute atomic E-state index is 5.20. The summed E-state index contributed by atoms with van der Waals surface area (Å²) < 4.78 is 7.16. The van der Waals surface area contributed by atoms with E-state index in [1.807, 2.05) is 0 Å². The number of ether oxygens (including phenoxy) is 1. The summed E-state index contributed by atoms with van der Waals surface area (Å²) in [5, 5.41) is 0. The van der Waals surface area contributed by atoms with Gasteiger partial charge in [-0.2, -0.15) is 0 Å². The fourth-order valence-corrected chi connectivity index (χ4v) is 2.76. The molecule has 0 atom stereocenters. The summed E-state index contributed by atoms with van der Waals surface area (Å²) >= 11 is 6.91. The molecule has 0 heterocycles. The van der Waals surface area contributed by atoms with E-state index in [1.54, 1.807) is 7.11 Å². The van der Waals surface area contributed by atoms with Crippen LogP contribution in [0.5, 0.6) is 5.75 Å². The predicted molar refractivity (Wildman–Crippen MR) is 59.9 cm³/mol. The molecule has 0 fully saturated rings. The first-order valence-electron chi connectivity index (χ1n) is 4.00. The van der Waals surface area contributed by atoms with Gasteiger partial charge < -0.3 is 10.5 Å². The van der Waals surface area contributed by atoms with Gasteiger partial charge in [-0.1, -0.05) is 0 Å². The van der Waals surface area contributed by atoms with Crippen molar-refractivity contribution in [1.29, 1.82) is 0 Å². The third-order valence-corrected chi connectivity index (χ3v) is 2.91. The van der Waals surface area contributed by atoms with E-state index in [4.69, 9.17) is 4.74 Å². The van der Waals surface area contributed by atoms with E-state index in [2.05, 4.69) is 49.7 Å². The van der Waals surface area contributed by atoms with Crippen molar-refractivity contribution in [1.82, 2.24) is 0 Å². The van der Waals surface area contributed by atoms with Crippen LogP contribution in [0.15, 0.2) is 21.1 Å². The fourth-order valence-electron chi connectivity index (χ4n) is 1.16. The Balaban J connectivity index is 3.05. The lowest BCUT2D eigenvalue weighted by atomic mass is 10.1. The molecule has 1 aromatic carbocycles. The van der Waals surface area contributed by atoms with Crippen molar-refractivity contribution in [3.63, 3.8) is 0 Å². The van der Waals surface area contributed by atoms with Gasteiger partial charge in [0, 0.05) is 6.42 Å². The molecule has 1 rings (SSSR count). The molecular formula is C9H12Br2NO+. The van der Waals surface area contributed by atoms with E-state index in [-0.39, 0.29) is 0 Å². The number of methoxy groups -OCH3 is 1. The highest BCUT2D eigenvalue weighted by Gasteiger charge is 2.07. The van der Waals surface area contributed by atoms with Crippen LogP contribution in [0.25, 0.3) is 0 Å². The van der Waals surface area contributed by atoms with Gasteiger partial charge in [0.2, 0.25) is 0 Å². The fraction of sp³-hybridized carbons (Fsp3) is 0.333. The van der Waals surface area contributed by atoms with Crippen LogP contribution < -0.4 is 10.5 Å². The van der Waals surface area contributed by atoms with Crippen molar-refractivity contribution in [2.75, 3.05) is 13.7 Å². The first-order chi connectivity index (χ1) is 6.19. The van der Waals surface area contributed by atoms with Crippen LogP contribution in [0.2, 0.25) is 0 Å². The number of hydrogen-bond donors (Lipinski definition) is 1. The van der Waals surface area contributed by atoms with Gasteiger partial charge >= 0.3 is 0 Å². The molecule has 72 valence electrons. The zero-order valence-electron chi connectivity index (χ0n) is 7.44. The largest absolute Gasteiger partial charge is 0.494 e. The zero-order valence-corrected chi connectivity index (χ0v) is 10.6. The van der Waals surface area contributed by atoms with Gasteiger partial charge in [-0.25, -0.2) is 0 Å². The van der Waals surface area contributed by atoms with Crippen molar-refractivity contribution in [2.45, 2.75) is 6.42 Å². The maximum atomic E-state index is 5.20. The van der Waals surface area contributed by atoms with Crippen LogP contribution in [-0.2, 0) is 6.42 Å². The van der Waals surface area contributed by atoms with E-state index in [9.17, 15) is 0 Å². The van der Waals surface area contributed by atoms with Crippen LogP contribution in [-0.4, -0.2) is 13.7 Å². The highest BCUT2D eigenvalue weighted by Crippen LogP contribution is 2.34. The molecule has 0 aliphatic carbocycles. The second kappa shape index (κ2) is 4.98. The lowest BCUT2D eigenvalue weighted by Crippen LogP contribution is -2.51. The molecule has 0 amide bonds. The number of halogens is 2. The van der Waals surface area contributed by atoms with Crippen molar-refractivity contribution in [2.24, 2.45) is 0 Å². The molecular weight excluding hydrogens is 298 g/mol. The van der Waals surface area contributed by atoms with Gasteiger partial charge in [0.15, 0.2) is 0 Å². The molecule has 4 heteroatoms. The van der Waals surface area contributed by atoms with Crippen LogP contribution in [0.1, 0.15) is 5.56 Å². The summed E-state index contributed by atoms with van der Waals surface area (Å²) in [6.07, 6.45) is 0.987. The maximum Gasteiger partial charge on any atom is 0.147 e. The van der Waals surface area contributed by atoms with Gasteiger partial charge in [0.1, 0.15) is 5.75 Å². The van der Waals surface area contributed by atoms with Crippen LogP contribution in [0.4, 0.5) is 0 Å². The quantitative estimate of drug-likeness (QED) is 0.911. The predicted octanol–water partition coefficient (Wildman–Crippen LogP) is 2.00. The molecule has 0 aromatic heterocycles. The Morgan fingerprint density at radius 2 is 1.85 bits per heavy atom. The van der Waals surface area contributed by atoms with Crippen LogP contribution in [0.3, 0.4) is 0 Å². The van der Waals surface area contributed by atoms with Gasteiger partial charge in [-0.15, -0.1) is 0 Å². The van der Waals surface area contributed by atoms with Crippen molar-refractivity contribution < 1.29 is 10.5 Å². The molecule has 0 saturated carbocycles. The van der Waals surface area contributed by atoms with Gasteiger partial charge in [-0.3, -0.25) is 0 Å². The highest BCUT2D eigenvalue weighted by molar-refractivity contribution is 9.11. The molecule has 0 aliphatic heterocycles. The standard InChI is InChI=1S/C9H11Br2NO/c1-13-9-7(10)4-6(2-3-12)5-8(9)11/h4-5H,2-3,12H2,1H3/p+1. The third-order valence-electron chi connectivity index (χ3n) is 1.73. The summed E-state index contributed by atoms with van der Waals surface area (Å²) in [6.45, 7) is 0.908. The number of quaternary nitrogens is 1. The summed E-state index contributed by atoms with van der Waals surface area (Å²) in [4.78, 5) is 0. The molecule has 0 saturated heterocycles. The second-order valence-corrected chi connectivity index (χ2v) is 4.40.